The first kappa shape index (κ1) is 18.5. The molecule has 2 aliphatic carbocycles. The maximum atomic E-state index is 10.3. The van der Waals surface area contributed by atoms with Crippen molar-refractivity contribution < 1.29 is 9.84 Å². The van der Waals surface area contributed by atoms with E-state index in [2.05, 4.69) is 52.3 Å². The van der Waals surface area contributed by atoms with Gasteiger partial charge in [-0.2, -0.15) is 0 Å². The van der Waals surface area contributed by atoms with Gasteiger partial charge in [0.15, 0.2) is 0 Å². The zero-order chi connectivity index (χ0) is 20.2. The van der Waals surface area contributed by atoms with Gasteiger partial charge in [-0.25, -0.2) is 0 Å². The molecule has 0 spiro atoms. The molecule has 4 heteroatoms. The molecule has 2 N–H and O–H groups in total. The van der Waals surface area contributed by atoms with Crippen LogP contribution in [0.3, 0.4) is 0 Å². The quantitative estimate of drug-likeness (QED) is 0.683. The number of aliphatic hydroxyl groups excluding tert-OH is 1. The van der Waals surface area contributed by atoms with Crippen LogP contribution in [0.25, 0.3) is 10.9 Å². The lowest BCUT2D eigenvalue weighted by Crippen LogP contribution is -2.46. The fourth-order valence-corrected chi connectivity index (χ4v) is 6.14. The molecule has 0 radical (unpaired) electrons. The summed E-state index contributed by atoms with van der Waals surface area (Å²) in [6.07, 6.45) is 4.34. The zero-order valence-electron chi connectivity index (χ0n) is 17.6. The van der Waals surface area contributed by atoms with Crippen molar-refractivity contribution in [2.24, 2.45) is 17.8 Å². The lowest BCUT2D eigenvalue weighted by Gasteiger charge is -2.44. The average molecular weight is 403 g/mol. The molecule has 1 aliphatic heterocycles. The van der Waals surface area contributed by atoms with E-state index in [0.29, 0.717) is 17.9 Å². The van der Waals surface area contributed by atoms with E-state index in [1.807, 2.05) is 6.07 Å². The van der Waals surface area contributed by atoms with Crippen LogP contribution in [-0.4, -0.2) is 41.3 Å². The topological polar surface area (TPSA) is 48.5 Å². The molecule has 5 unspecified atom stereocenters. The van der Waals surface area contributed by atoms with Gasteiger partial charge in [0.25, 0.3) is 0 Å². The summed E-state index contributed by atoms with van der Waals surface area (Å²) in [6.45, 7) is 2.23. The Hall–Kier alpha value is -2.30. The molecule has 1 saturated carbocycles. The molecule has 0 bridgehead atoms. The number of H-pyrrole nitrogens is 1. The monoisotopic (exact) mass is 402 g/mol. The molecule has 3 aliphatic rings. The highest BCUT2D eigenvalue weighted by atomic mass is 16.5. The first-order valence-corrected chi connectivity index (χ1v) is 11.4. The minimum Gasteiger partial charge on any atom is -0.497 e. The Morgan fingerprint density at radius 1 is 1.10 bits per heavy atom. The van der Waals surface area contributed by atoms with Gasteiger partial charge in [-0.15, -0.1) is 0 Å². The van der Waals surface area contributed by atoms with Crippen molar-refractivity contribution in [2.45, 2.75) is 37.8 Å². The van der Waals surface area contributed by atoms with E-state index >= 15 is 0 Å². The average Bonchev–Trinajstić information content (AvgIpc) is 3.38. The summed E-state index contributed by atoms with van der Waals surface area (Å²) < 4.78 is 5.49. The molecule has 5 atom stereocenters. The number of para-hydroxylation sites is 1. The summed E-state index contributed by atoms with van der Waals surface area (Å²) in [6, 6.07) is 17.5. The van der Waals surface area contributed by atoms with Crippen LogP contribution in [0.2, 0.25) is 0 Å². The SMILES string of the molecule is COc1cccc(C(C2CC2O)N2CCC3Cc4[nH]c5ccccc5c4CC3C2)c1. The predicted molar refractivity (Wildman–Crippen MR) is 119 cm³/mol. The number of nitrogens with zero attached hydrogens (tertiary/aromatic N) is 1. The Morgan fingerprint density at radius 3 is 2.80 bits per heavy atom. The van der Waals surface area contributed by atoms with Gasteiger partial charge in [0.05, 0.1) is 13.2 Å². The summed E-state index contributed by atoms with van der Waals surface area (Å²) >= 11 is 0. The largest absolute Gasteiger partial charge is 0.497 e. The molecule has 4 nitrogen and oxygen atoms in total. The van der Waals surface area contributed by atoms with E-state index in [1.165, 1.54) is 47.0 Å². The van der Waals surface area contributed by atoms with Crippen LogP contribution in [0.5, 0.6) is 5.75 Å². The lowest BCUT2D eigenvalue weighted by molar-refractivity contribution is 0.0583. The third-order valence-electron chi connectivity index (χ3n) is 7.80. The number of piperidine rings is 1. The Labute approximate surface area is 177 Å². The van der Waals surface area contributed by atoms with Crippen LogP contribution in [0.1, 0.15) is 35.7 Å². The lowest BCUT2D eigenvalue weighted by atomic mass is 9.73. The maximum Gasteiger partial charge on any atom is 0.119 e. The fraction of sp³-hybridized carbons (Fsp3) is 0.462. The van der Waals surface area contributed by atoms with Crippen molar-refractivity contribution in [2.75, 3.05) is 20.2 Å². The number of aliphatic hydroxyl groups is 1. The highest BCUT2D eigenvalue weighted by molar-refractivity contribution is 5.84. The van der Waals surface area contributed by atoms with Gasteiger partial charge >= 0.3 is 0 Å². The van der Waals surface area contributed by atoms with Crippen LogP contribution in [-0.2, 0) is 12.8 Å². The molecule has 3 aromatic rings. The first-order valence-electron chi connectivity index (χ1n) is 11.4. The van der Waals surface area contributed by atoms with E-state index in [4.69, 9.17) is 4.74 Å². The highest BCUT2D eigenvalue weighted by Crippen LogP contribution is 2.48. The molecule has 2 fully saturated rings. The number of likely N-dealkylation sites (tertiary alicyclic amines) is 1. The molecule has 1 aromatic heterocycles. The minimum atomic E-state index is -0.162. The molecule has 2 aromatic carbocycles. The van der Waals surface area contributed by atoms with E-state index in [1.54, 1.807) is 7.11 Å². The molecule has 1 saturated heterocycles. The second-order valence-electron chi connectivity index (χ2n) is 9.53. The Bertz CT molecular complexity index is 1070. The second-order valence-corrected chi connectivity index (χ2v) is 9.53. The van der Waals surface area contributed by atoms with Gasteiger partial charge in [-0.3, -0.25) is 4.90 Å². The molecule has 30 heavy (non-hydrogen) atoms. The van der Waals surface area contributed by atoms with Crippen LogP contribution < -0.4 is 4.74 Å². The first-order chi connectivity index (χ1) is 14.7. The molecular formula is C26H30N2O2. The number of methoxy groups -OCH3 is 1. The predicted octanol–water partition coefficient (Wildman–Crippen LogP) is 4.34. The number of aromatic nitrogens is 1. The normalized spacial score (nSPS) is 29.3. The Balaban J connectivity index is 1.29. The number of benzene rings is 2. The number of ether oxygens (including phenoxy) is 1. The van der Waals surface area contributed by atoms with Crippen LogP contribution in [0, 0.1) is 17.8 Å². The number of aromatic amines is 1. The summed E-state index contributed by atoms with van der Waals surface area (Å²) in [5, 5.41) is 11.7. The summed E-state index contributed by atoms with van der Waals surface area (Å²) in [5.74, 6) is 2.70. The summed E-state index contributed by atoms with van der Waals surface area (Å²) in [7, 11) is 1.73. The Morgan fingerprint density at radius 2 is 1.97 bits per heavy atom. The van der Waals surface area contributed by atoms with Gasteiger partial charge < -0.3 is 14.8 Å². The van der Waals surface area contributed by atoms with Crippen LogP contribution in [0.15, 0.2) is 48.5 Å². The standard InChI is InChI=1S/C26H30N2O2/c1-30-19-6-4-5-17(11-19)26(22-14-25(22)29)28-10-9-16-13-24-21(12-18(16)15-28)20-7-2-3-8-23(20)27-24/h2-8,11,16,18,22,25-27,29H,9-10,12-15H2,1H3. The number of hydrogen-bond donors (Lipinski definition) is 2. The summed E-state index contributed by atoms with van der Waals surface area (Å²) in [5.41, 5.74) is 5.58. The van der Waals surface area contributed by atoms with Gasteiger partial charge in [0.1, 0.15) is 5.75 Å². The highest BCUT2D eigenvalue weighted by Gasteiger charge is 2.47. The van der Waals surface area contributed by atoms with Gasteiger partial charge in [0, 0.05) is 35.1 Å². The number of nitrogens with one attached hydrogen (secondary N) is 1. The van der Waals surface area contributed by atoms with Crippen molar-refractivity contribution >= 4 is 10.9 Å². The van der Waals surface area contributed by atoms with E-state index in [9.17, 15) is 5.11 Å². The third kappa shape index (κ3) is 3.05. The van der Waals surface area contributed by atoms with Crippen LogP contribution >= 0.6 is 0 Å². The van der Waals surface area contributed by atoms with Crippen LogP contribution in [0.4, 0.5) is 0 Å². The summed E-state index contributed by atoms with van der Waals surface area (Å²) in [4.78, 5) is 6.36. The minimum absolute atomic E-state index is 0.162. The van der Waals surface area contributed by atoms with E-state index < -0.39 is 0 Å². The number of rotatable bonds is 4. The number of hydrogen-bond acceptors (Lipinski definition) is 3. The second kappa shape index (κ2) is 7.14. The van der Waals surface area contributed by atoms with Crippen molar-refractivity contribution in [3.8, 4) is 5.75 Å². The zero-order valence-corrected chi connectivity index (χ0v) is 17.6. The molecule has 6 rings (SSSR count). The molecule has 156 valence electrons. The van der Waals surface area contributed by atoms with E-state index in [0.717, 1.165) is 31.2 Å². The maximum absolute atomic E-state index is 10.3. The van der Waals surface area contributed by atoms with Crippen molar-refractivity contribution in [3.63, 3.8) is 0 Å². The van der Waals surface area contributed by atoms with Gasteiger partial charge in [-0.1, -0.05) is 30.3 Å². The van der Waals surface area contributed by atoms with Gasteiger partial charge in [0.2, 0.25) is 0 Å². The van der Waals surface area contributed by atoms with Crippen molar-refractivity contribution in [1.82, 2.24) is 9.88 Å². The van der Waals surface area contributed by atoms with Crippen molar-refractivity contribution in [1.29, 1.82) is 0 Å². The van der Waals surface area contributed by atoms with E-state index in [-0.39, 0.29) is 6.10 Å². The van der Waals surface area contributed by atoms with Gasteiger partial charge in [-0.05, 0) is 73.4 Å². The Kier molecular flexibility index (Phi) is 4.39. The fourth-order valence-electron chi connectivity index (χ4n) is 6.14. The molecule has 0 amide bonds. The smallest absolute Gasteiger partial charge is 0.119 e. The number of fused-ring (bicyclic) bond motifs is 4. The van der Waals surface area contributed by atoms with Crippen molar-refractivity contribution in [3.05, 3.63) is 65.4 Å². The third-order valence-corrected chi connectivity index (χ3v) is 7.80. The molecular weight excluding hydrogens is 372 g/mol. The molecule has 2 heterocycles.